The van der Waals surface area contributed by atoms with E-state index < -0.39 is 5.91 Å². The molecule has 2 heterocycles. The minimum absolute atomic E-state index is 0.171. The first-order valence-electron chi connectivity index (χ1n) is 8.47. The lowest BCUT2D eigenvalue weighted by atomic mass is 10.1. The monoisotopic (exact) mass is 352 g/mol. The zero-order valence-corrected chi connectivity index (χ0v) is 14.3. The average Bonchev–Trinajstić information content (AvgIpc) is 2.64. The molecule has 0 radical (unpaired) electrons. The van der Waals surface area contributed by atoms with E-state index in [4.69, 9.17) is 5.73 Å². The Kier molecular flexibility index (Phi) is 5.26. The Labute approximate surface area is 151 Å². The van der Waals surface area contributed by atoms with Gasteiger partial charge in [-0.25, -0.2) is 0 Å². The molecule has 1 aliphatic rings. The molecule has 0 aliphatic carbocycles. The van der Waals surface area contributed by atoms with Crippen molar-refractivity contribution in [1.29, 1.82) is 0 Å². The van der Waals surface area contributed by atoms with Crippen LogP contribution in [0.15, 0.2) is 42.6 Å². The number of nitrogens with zero attached hydrogens (tertiary/aromatic N) is 2. The summed E-state index contributed by atoms with van der Waals surface area (Å²) in [5, 5.41) is 2.77. The highest BCUT2D eigenvalue weighted by Crippen LogP contribution is 2.17. The number of anilines is 1. The number of nitrogens with two attached hydrogens (primary N) is 1. The second kappa shape index (κ2) is 7.77. The molecule has 1 fully saturated rings. The van der Waals surface area contributed by atoms with E-state index in [-0.39, 0.29) is 23.1 Å². The van der Waals surface area contributed by atoms with E-state index in [9.17, 15) is 14.4 Å². The maximum Gasteiger partial charge on any atom is 0.274 e. The van der Waals surface area contributed by atoms with Crippen molar-refractivity contribution in [3.05, 3.63) is 59.4 Å². The molecular formula is C19H20N4O3. The molecule has 26 heavy (non-hydrogen) atoms. The molecule has 0 spiro atoms. The van der Waals surface area contributed by atoms with Gasteiger partial charge in [-0.05, 0) is 42.7 Å². The molecule has 0 atom stereocenters. The minimum Gasteiger partial charge on any atom is -0.366 e. The Balaban J connectivity index is 1.67. The lowest BCUT2D eigenvalue weighted by Gasteiger charge is -2.26. The summed E-state index contributed by atoms with van der Waals surface area (Å²) in [4.78, 5) is 41.1. The normalized spacial score (nSPS) is 14.2. The molecule has 7 nitrogen and oxygen atoms in total. The van der Waals surface area contributed by atoms with Crippen molar-refractivity contribution >= 4 is 23.4 Å². The number of benzene rings is 1. The minimum atomic E-state index is -0.593. The van der Waals surface area contributed by atoms with Crippen molar-refractivity contribution in [2.75, 3.05) is 11.9 Å². The zero-order valence-electron chi connectivity index (χ0n) is 14.3. The van der Waals surface area contributed by atoms with Gasteiger partial charge in [0, 0.05) is 31.4 Å². The number of hydrogen-bond donors (Lipinski definition) is 2. The Bertz CT molecular complexity index is 833. The quantitative estimate of drug-likeness (QED) is 0.858. The predicted octanol–water partition coefficient (Wildman–Crippen LogP) is 1.95. The molecule has 1 aromatic carbocycles. The first kappa shape index (κ1) is 17.6. The molecule has 0 saturated carbocycles. The van der Waals surface area contributed by atoms with Gasteiger partial charge in [0.1, 0.15) is 5.69 Å². The molecule has 3 amide bonds. The van der Waals surface area contributed by atoms with Gasteiger partial charge < -0.3 is 16.0 Å². The van der Waals surface area contributed by atoms with Crippen LogP contribution in [0, 0.1) is 0 Å². The van der Waals surface area contributed by atoms with Gasteiger partial charge in [0.25, 0.3) is 5.91 Å². The Morgan fingerprint density at radius 3 is 2.73 bits per heavy atom. The number of carbonyl (C=O) groups excluding carboxylic acids is 3. The largest absolute Gasteiger partial charge is 0.366 e. The van der Waals surface area contributed by atoms with Gasteiger partial charge in [0.05, 0.1) is 5.56 Å². The van der Waals surface area contributed by atoms with E-state index in [1.807, 2.05) is 23.1 Å². The third-order valence-electron chi connectivity index (χ3n) is 4.26. The number of piperidine rings is 1. The summed E-state index contributed by atoms with van der Waals surface area (Å²) in [6, 6.07) is 10.3. The van der Waals surface area contributed by atoms with Crippen molar-refractivity contribution in [3.8, 4) is 0 Å². The fraction of sp³-hybridized carbons (Fsp3) is 0.263. The molecule has 1 aliphatic heterocycles. The summed E-state index contributed by atoms with van der Waals surface area (Å²) in [5.74, 6) is -0.805. The molecule has 1 aromatic heterocycles. The number of likely N-dealkylation sites (tertiary alicyclic amines) is 1. The highest BCUT2D eigenvalue weighted by Gasteiger charge is 2.18. The summed E-state index contributed by atoms with van der Waals surface area (Å²) in [6.07, 6.45) is 3.85. The maximum atomic E-state index is 12.3. The molecule has 1 saturated heterocycles. The van der Waals surface area contributed by atoms with Gasteiger partial charge in [-0.3, -0.25) is 19.4 Å². The first-order valence-corrected chi connectivity index (χ1v) is 8.47. The molecule has 2 aromatic rings. The molecule has 3 N–H and O–H groups in total. The number of hydrogen-bond acceptors (Lipinski definition) is 4. The Morgan fingerprint density at radius 1 is 1.19 bits per heavy atom. The lowest BCUT2D eigenvalue weighted by molar-refractivity contribution is -0.133. The fourth-order valence-corrected chi connectivity index (χ4v) is 2.87. The zero-order chi connectivity index (χ0) is 18.5. The Hall–Kier alpha value is -3.22. The van der Waals surface area contributed by atoms with Crippen LogP contribution in [0.25, 0.3) is 0 Å². The van der Waals surface area contributed by atoms with Crippen molar-refractivity contribution in [2.24, 2.45) is 5.73 Å². The van der Waals surface area contributed by atoms with E-state index in [2.05, 4.69) is 10.3 Å². The smallest absolute Gasteiger partial charge is 0.274 e. The summed E-state index contributed by atoms with van der Waals surface area (Å²) in [5.41, 5.74) is 7.17. The molecule has 3 rings (SSSR count). The highest BCUT2D eigenvalue weighted by atomic mass is 16.2. The van der Waals surface area contributed by atoms with Gasteiger partial charge in [0.15, 0.2) is 0 Å². The standard InChI is InChI=1S/C19H20N4O3/c20-18(25)14-7-8-16(21-11-14)19(26)22-15-5-3-4-13(10-15)12-23-9-2-1-6-17(23)24/h3-5,7-8,10-11H,1-2,6,9,12H2,(H2,20,25)(H,22,26). The number of aromatic nitrogens is 1. The van der Waals surface area contributed by atoms with Crippen LogP contribution in [0.2, 0.25) is 0 Å². The van der Waals surface area contributed by atoms with Crippen LogP contribution in [-0.2, 0) is 11.3 Å². The third kappa shape index (κ3) is 4.24. The molecular weight excluding hydrogens is 332 g/mol. The highest BCUT2D eigenvalue weighted by molar-refractivity contribution is 6.03. The molecule has 7 heteroatoms. The van der Waals surface area contributed by atoms with Crippen molar-refractivity contribution in [3.63, 3.8) is 0 Å². The topological polar surface area (TPSA) is 105 Å². The SMILES string of the molecule is NC(=O)c1ccc(C(=O)Nc2cccc(CN3CCCCC3=O)c2)nc1. The van der Waals surface area contributed by atoms with Gasteiger partial charge in [0.2, 0.25) is 11.8 Å². The summed E-state index contributed by atoms with van der Waals surface area (Å²) in [7, 11) is 0. The van der Waals surface area contributed by atoms with E-state index in [1.54, 1.807) is 6.07 Å². The van der Waals surface area contributed by atoms with Crippen LogP contribution < -0.4 is 11.1 Å². The van der Waals surface area contributed by atoms with E-state index in [0.717, 1.165) is 24.9 Å². The van der Waals surface area contributed by atoms with Gasteiger partial charge in [-0.1, -0.05) is 12.1 Å². The van der Waals surface area contributed by atoms with E-state index in [1.165, 1.54) is 18.3 Å². The number of carbonyl (C=O) groups is 3. The predicted molar refractivity (Wildman–Crippen MR) is 96.4 cm³/mol. The average molecular weight is 352 g/mol. The van der Waals surface area contributed by atoms with Crippen LogP contribution in [0.1, 0.15) is 45.7 Å². The van der Waals surface area contributed by atoms with Gasteiger partial charge in [-0.15, -0.1) is 0 Å². The number of amides is 3. The number of primary amides is 1. The van der Waals surface area contributed by atoms with Crippen molar-refractivity contribution < 1.29 is 14.4 Å². The van der Waals surface area contributed by atoms with Crippen molar-refractivity contribution in [1.82, 2.24) is 9.88 Å². The molecule has 134 valence electrons. The van der Waals surface area contributed by atoms with Crippen LogP contribution in [0.3, 0.4) is 0 Å². The van der Waals surface area contributed by atoms with Crippen LogP contribution >= 0.6 is 0 Å². The first-order chi connectivity index (χ1) is 12.5. The molecule has 0 unspecified atom stereocenters. The van der Waals surface area contributed by atoms with Gasteiger partial charge in [-0.2, -0.15) is 0 Å². The van der Waals surface area contributed by atoms with Gasteiger partial charge >= 0.3 is 0 Å². The van der Waals surface area contributed by atoms with E-state index in [0.29, 0.717) is 18.7 Å². The molecule has 0 bridgehead atoms. The number of pyridine rings is 1. The maximum absolute atomic E-state index is 12.3. The second-order valence-corrected chi connectivity index (χ2v) is 6.22. The number of rotatable bonds is 5. The summed E-state index contributed by atoms with van der Waals surface area (Å²) >= 11 is 0. The second-order valence-electron chi connectivity index (χ2n) is 6.22. The lowest BCUT2D eigenvalue weighted by Crippen LogP contribution is -2.34. The Morgan fingerprint density at radius 2 is 2.04 bits per heavy atom. The third-order valence-corrected chi connectivity index (χ3v) is 4.26. The summed E-state index contributed by atoms with van der Waals surface area (Å²) in [6.45, 7) is 1.31. The van der Waals surface area contributed by atoms with Crippen molar-refractivity contribution in [2.45, 2.75) is 25.8 Å². The fourth-order valence-electron chi connectivity index (χ4n) is 2.87. The van der Waals surface area contributed by atoms with E-state index >= 15 is 0 Å². The van der Waals surface area contributed by atoms with Crippen LogP contribution in [0.4, 0.5) is 5.69 Å². The summed E-state index contributed by atoms with van der Waals surface area (Å²) < 4.78 is 0. The van der Waals surface area contributed by atoms with Crippen LogP contribution in [0.5, 0.6) is 0 Å². The van der Waals surface area contributed by atoms with Crippen LogP contribution in [-0.4, -0.2) is 34.2 Å². The number of nitrogens with one attached hydrogen (secondary N) is 1.